The first-order valence-corrected chi connectivity index (χ1v) is 6.07. The van der Waals surface area contributed by atoms with Crippen LogP contribution in [0.3, 0.4) is 0 Å². The third kappa shape index (κ3) is 2.91. The van der Waals surface area contributed by atoms with Gasteiger partial charge in [-0.3, -0.25) is 0 Å². The molecule has 0 aliphatic carbocycles. The molecule has 0 aliphatic rings. The second kappa shape index (κ2) is 4.92. The van der Waals surface area contributed by atoms with E-state index in [-0.39, 0.29) is 0 Å². The van der Waals surface area contributed by atoms with Crippen LogP contribution in [0.2, 0.25) is 10.3 Å². The van der Waals surface area contributed by atoms with Crippen molar-refractivity contribution in [2.75, 3.05) is 0 Å². The maximum atomic E-state index is 5.75. The lowest BCUT2D eigenvalue weighted by molar-refractivity contribution is 1.06. The summed E-state index contributed by atoms with van der Waals surface area (Å²) >= 11 is 13.0. The topological polar surface area (TPSA) is 28.7 Å². The van der Waals surface area contributed by atoms with Gasteiger partial charge in [-0.2, -0.15) is 0 Å². The molecule has 2 rings (SSSR count). The number of aromatic amines is 1. The monoisotopic (exact) mass is 258 g/mol. The lowest BCUT2D eigenvalue weighted by Gasteiger charge is -1.97. The first kappa shape index (κ1) is 10.9. The van der Waals surface area contributed by atoms with Crippen LogP contribution in [0.25, 0.3) is 0 Å². The van der Waals surface area contributed by atoms with Crippen LogP contribution < -0.4 is 0 Å². The molecule has 0 amide bonds. The number of aromatic nitrogens is 2. The summed E-state index contributed by atoms with van der Waals surface area (Å²) in [7, 11) is 0. The summed E-state index contributed by atoms with van der Waals surface area (Å²) in [6.45, 7) is 0. The molecule has 0 unspecified atom stereocenters. The lowest BCUT2D eigenvalue weighted by Crippen LogP contribution is -1.80. The second-order valence-corrected chi connectivity index (χ2v) is 4.62. The molecule has 1 heterocycles. The van der Waals surface area contributed by atoms with Crippen LogP contribution in [0.1, 0.15) is 5.56 Å². The van der Waals surface area contributed by atoms with Gasteiger partial charge in [0.2, 0.25) is 0 Å². The predicted octanol–water partition coefficient (Wildman–Crippen LogP) is 4.01. The van der Waals surface area contributed by atoms with Gasteiger partial charge in [0.1, 0.15) is 5.15 Å². The summed E-state index contributed by atoms with van der Waals surface area (Å²) in [5.41, 5.74) is 1.24. The average Bonchev–Trinajstić information content (AvgIpc) is 2.57. The number of rotatable bonds is 3. The molecule has 1 aromatic heterocycles. The standard InChI is InChI=1S/C10H8Cl2N2S/c11-8-9(12)14-10(13-8)15-6-7-4-2-1-3-5-7/h1-5H,6H2,(H,13,14). The van der Waals surface area contributed by atoms with Gasteiger partial charge in [-0.1, -0.05) is 65.3 Å². The van der Waals surface area contributed by atoms with E-state index in [0.717, 1.165) is 10.9 Å². The highest BCUT2D eigenvalue weighted by molar-refractivity contribution is 7.98. The van der Waals surface area contributed by atoms with Gasteiger partial charge in [-0.05, 0) is 5.56 Å². The third-order valence-electron chi connectivity index (χ3n) is 1.82. The van der Waals surface area contributed by atoms with Crippen LogP contribution in [0.15, 0.2) is 35.5 Å². The van der Waals surface area contributed by atoms with Crippen LogP contribution >= 0.6 is 35.0 Å². The molecule has 0 spiro atoms. The number of thioether (sulfide) groups is 1. The molecule has 0 atom stereocenters. The minimum Gasteiger partial charge on any atom is -0.323 e. The van der Waals surface area contributed by atoms with Crippen LogP contribution in [-0.2, 0) is 5.75 Å². The van der Waals surface area contributed by atoms with Gasteiger partial charge in [0.25, 0.3) is 0 Å². The van der Waals surface area contributed by atoms with E-state index < -0.39 is 0 Å². The molecule has 0 radical (unpaired) electrons. The van der Waals surface area contributed by atoms with Crippen molar-refractivity contribution in [1.29, 1.82) is 0 Å². The van der Waals surface area contributed by atoms with Gasteiger partial charge >= 0.3 is 0 Å². The van der Waals surface area contributed by atoms with Crippen molar-refractivity contribution >= 4 is 35.0 Å². The Morgan fingerprint density at radius 2 is 1.93 bits per heavy atom. The zero-order valence-electron chi connectivity index (χ0n) is 7.71. The van der Waals surface area contributed by atoms with E-state index >= 15 is 0 Å². The van der Waals surface area contributed by atoms with Crippen LogP contribution in [-0.4, -0.2) is 9.97 Å². The van der Waals surface area contributed by atoms with Crippen molar-refractivity contribution in [3.63, 3.8) is 0 Å². The number of nitrogens with zero attached hydrogens (tertiary/aromatic N) is 1. The normalized spacial score (nSPS) is 10.5. The molecule has 5 heteroatoms. The lowest BCUT2D eigenvalue weighted by atomic mass is 10.2. The summed E-state index contributed by atoms with van der Waals surface area (Å²) in [6.07, 6.45) is 0. The van der Waals surface area contributed by atoms with Gasteiger partial charge in [-0.15, -0.1) is 0 Å². The van der Waals surface area contributed by atoms with Crippen molar-refractivity contribution in [2.45, 2.75) is 10.9 Å². The summed E-state index contributed by atoms with van der Waals surface area (Å²) in [6, 6.07) is 10.2. The molecule has 0 saturated carbocycles. The second-order valence-electron chi connectivity index (χ2n) is 2.92. The number of imidazole rings is 1. The molecule has 0 aliphatic heterocycles. The summed E-state index contributed by atoms with van der Waals surface area (Å²) in [4.78, 5) is 6.97. The summed E-state index contributed by atoms with van der Waals surface area (Å²) in [5.74, 6) is 0.848. The molecule has 0 bridgehead atoms. The van der Waals surface area contributed by atoms with Gasteiger partial charge < -0.3 is 4.98 Å². The molecule has 78 valence electrons. The van der Waals surface area contributed by atoms with E-state index in [1.807, 2.05) is 18.2 Å². The Hall–Kier alpha value is -0.640. The number of nitrogens with one attached hydrogen (secondary N) is 1. The smallest absolute Gasteiger partial charge is 0.168 e. The number of halogens is 2. The molecule has 2 nitrogen and oxygen atoms in total. The van der Waals surface area contributed by atoms with Crippen molar-refractivity contribution in [1.82, 2.24) is 9.97 Å². The quantitative estimate of drug-likeness (QED) is 0.843. The largest absolute Gasteiger partial charge is 0.323 e. The van der Waals surface area contributed by atoms with Crippen molar-refractivity contribution in [2.24, 2.45) is 0 Å². The Morgan fingerprint density at radius 1 is 1.20 bits per heavy atom. The Labute approximate surface area is 102 Å². The Morgan fingerprint density at radius 3 is 2.53 bits per heavy atom. The average molecular weight is 259 g/mol. The van der Waals surface area contributed by atoms with Crippen molar-refractivity contribution < 1.29 is 0 Å². The number of benzene rings is 1. The highest BCUT2D eigenvalue weighted by Gasteiger charge is 2.05. The zero-order chi connectivity index (χ0) is 10.7. The number of hydrogen-bond donors (Lipinski definition) is 1. The van der Waals surface area contributed by atoms with E-state index in [1.54, 1.807) is 11.8 Å². The Kier molecular flexibility index (Phi) is 3.57. The number of hydrogen-bond acceptors (Lipinski definition) is 2. The van der Waals surface area contributed by atoms with Gasteiger partial charge in [0, 0.05) is 5.75 Å². The Balaban J connectivity index is 1.99. The van der Waals surface area contributed by atoms with Crippen molar-refractivity contribution in [3.05, 3.63) is 46.2 Å². The van der Waals surface area contributed by atoms with E-state index in [2.05, 4.69) is 22.1 Å². The first-order valence-electron chi connectivity index (χ1n) is 4.33. The molecule has 0 saturated heterocycles. The van der Waals surface area contributed by atoms with E-state index in [9.17, 15) is 0 Å². The highest BCUT2D eigenvalue weighted by Crippen LogP contribution is 2.25. The fourth-order valence-corrected chi connectivity index (χ4v) is 2.30. The van der Waals surface area contributed by atoms with Crippen LogP contribution in [0, 0.1) is 0 Å². The summed E-state index contributed by atoms with van der Waals surface area (Å²) in [5, 5.41) is 1.47. The fraction of sp³-hybridized carbons (Fsp3) is 0.100. The van der Waals surface area contributed by atoms with Gasteiger partial charge in [0.05, 0.1) is 0 Å². The predicted molar refractivity (Wildman–Crippen MR) is 64.6 cm³/mol. The first-order chi connectivity index (χ1) is 7.25. The minimum atomic E-state index is 0.326. The fourth-order valence-electron chi connectivity index (χ4n) is 1.11. The third-order valence-corrected chi connectivity index (χ3v) is 3.40. The van der Waals surface area contributed by atoms with Crippen LogP contribution in [0.4, 0.5) is 0 Å². The van der Waals surface area contributed by atoms with Gasteiger partial charge in [0.15, 0.2) is 10.3 Å². The van der Waals surface area contributed by atoms with E-state index in [1.165, 1.54) is 5.56 Å². The maximum Gasteiger partial charge on any atom is 0.168 e. The molecular weight excluding hydrogens is 251 g/mol. The van der Waals surface area contributed by atoms with Crippen LogP contribution in [0.5, 0.6) is 0 Å². The van der Waals surface area contributed by atoms with Crippen molar-refractivity contribution in [3.8, 4) is 0 Å². The number of H-pyrrole nitrogens is 1. The Bertz CT molecular complexity index is 422. The molecule has 1 N–H and O–H groups in total. The van der Waals surface area contributed by atoms with E-state index in [0.29, 0.717) is 10.3 Å². The maximum absolute atomic E-state index is 5.75. The zero-order valence-corrected chi connectivity index (χ0v) is 10.0. The minimum absolute atomic E-state index is 0.326. The van der Waals surface area contributed by atoms with E-state index in [4.69, 9.17) is 23.2 Å². The molecule has 15 heavy (non-hydrogen) atoms. The summed E-state index contributed by atoms with van der Waals surface area (Å²) < 4.78 is 0. The SMILES string of the molecule is Clc1nc(SCc2ccccc2)[nH]c1Cl. The molecular formula is C10H8Cl2N2S. The molecule has 2 aromatic rings. The highest BCUT2D eigenvalue weighted by atomic mass is 35.5. The molecule has 1 aromatic carbocycles. The van der Waals surface area contributed by atoms with Gasteiger partial charge in [-0.25, -0.2) is 4.98 Å². The molecule has 0 fully saturated rings.